The topological polar surface area (TPSA) is 105 Å². The highest BCUT2D eigenvalue weighted by Crippen LogP contribution is 2.51. The van der Waals surface area contributed by atoms with Crippen molar-refractivity contribution in [2.45, 2.75) is 36.8 Å². The summed E-state index contributed by atoms with van der Waals surface area (Å²) in [5.41, 5.74) is 3.64. The van der Waals surface area contributed by atoms with Gasteiger partial charge in [0.25, 0.3) is 0 Å². The largest absolute Gasteiger partial charge is 0.479 e. The van der Waals surface area contributed by atoms with Crippen molar-refractivity contribution < 1.29 is 29.0 Å². The van der Waals surface area contributed by atoms with E-state index in [-0.39, 0.29) is 43.6 Å². The fraction of sp³-hybridized carbons (Fsp3) is 0.444. The maximum Gasteiger partial charge on any atom is 0.407 e. The molecule has 2 aromatic carbocycles. The van der Waals surface area contributed by atoms with Gasteiger partial charge < -0.3 is 24.8 Å². The van der Waals surface area contributed by atoms with Crippen molar-refractivity contribution >= 4 is 18.0 Å². The van der Waals surface area contributed by atoms with E-state index in [1.165, 1.54) is 11.1 Å². The fourth-order valence-electron chi connectivity index (χ4n) is 6.36. The molecule has 0 spiro atoms. The molecule has 2 atom stereocenters. The molecule has 182 valence electrons. The molecule has 3 heterocycles. The van der Waals surface area contributed by atoms with Crippen LogP contribution in [0.15, 0.2) is 48.5 Å². The standard InChI is InChI=1S/C27H28N2O6/c30-24(29-13-16-10-27(29,11-16)25(31)32)17-9-18(34-14-17)12-28-26(33)35-15-23-21-7-3-1-5-19(21)20-6-2-4-8-22(20)23/h1-8,16-18,23H,9-15H2,(H,28,33)(H,31,32). The van der Waals surface area contributed by atoms with E-state index in [9.17, 15) is 19.5 Å². The van der Waals surface area contributed by atoms with Crippen LogP contribution in [0.5, 0.6) is 0 Å². The Labute approximate surface area is 203 Å². The number of aliphatic carboxylic acids is 1. The van der Waals surface area contributed by atoms with Crippen molar-refractivity contribution in [1.29, 1.82) is 0 Å². The molecule has 8 nitrogen and oxygen atoms in total. The summed E-state index contributed by atoms with van der Waals surface area (Å²) in [6.07, 6.45) is 0.737. The Hall–Kier alpha value is -3.39. The maximum absolute atomic E-state index is 13.0. The number of alkyl carbamates (subject to hydrolysis) is 1. The minimum absolute atomic E-state index is 0.00819. The average Bonchev–Trinajstić information content (AvgIpc) is 3.61. The number of carbonyl (C=O) groups excluding carboxylic acids is 2. The molecule has 2 aromatic rings. The Balaban J connectivity index is 1.01. The first-order valence-corrected chi connectivity index (χ1v) is 12.2. The van der Waals surface area contributed by atoms with Crippen LogP contribution in [0, 0.1) is 11.8 Å². The zero-order valence-corrected chi connectivity index (χ0v) is 19.3. The number of benzene rings is 2. The number of nitrogens with zero attached hydrogens (tertiary/aromatic N) is 1. The second-order valence-electron chi connectivity index (χ2n) is 10.2. The number of nitrogens with one attached hydrogen (secondary N) is 1. The molecule has 2 amide bonds. The lowest BCUT2D eigenvalue weighted by molar-refractivity contribution is -0.159. The predicted octanol–water partition coefficient (Wildman–Crippen LogP) is 3.01. The summed E-state index contributed by atoms with van der Waals surface area (Å²) in [5, 5.41) is 12.4. The number of carboxylic acids is 1. The van der Waals surface area contributed by atoms with Gasteiger partial charge in [0.05, 0.1) is 18.6 Å². The van der Waals surface area contributed by atoms with E-state index in [0.717, 1.165) is 11.1 Å². The lowest BCUT2D eigenvalue weighted by atomic mass is 9.73. The van der Waals surface area contributed by atoms with Crippen LogP contribution in [-0.2, 0) is 19.1 Å². The molecule has 8 heteroatoms. The normalized spacial score (nSPS) is 28.2. The Morgan fingerprint density at radius 1 is 1.06 bits per heavy atom. The van der Waals surface area contributed by atoms with Gasteiger partial charge in [-0.3, -0.25) is 4.79 Å². The van der Waals surface area contributed by atoms with Gasteiger partial charge in [0.1, 0.15) is 12.1 Å². The van der Waals surface area contributed by atoms with Gasteiger partial charge in [0.2, 0.25) is 5.91 Å². The van der Waals surface area contributed by atoms with E-state index in [1.54, 1.807) is 4.90 Å². The Kier molecular flexibility index (Phi) is 5.29. The van der Waals surface area contributed by atoms with Gasteiger partial charge in [-0.1, -0.05) is 48.5 Å². The van der Waals surface area contributed by atoms with Crippen LogP contribution in [0.4, 0.5) is 4.79 Å². The highest BCUT2D eigenvalue weighted by atomic mass is 16.5. The monoisotopic (exact) mass is 476 g/mol. The van der Waals surface area contributed by atoms with Crippen molar-refractivity contribution in [1.82, 2.24) is 10.2 Å². The van der Waals surface area contributed by atoms with Gasteiger partial charge in [-0.25, -0.2) is 9.59 Å². The second kappa shape index (κ2) is 8.37. The Morgan fingerprint density at radius 3 is 2.37 bits per heavy atom. The van der Waals surface area contributed by atoms with Crippen LogP contribution in [0.3, 0.4) is 0 Å². The molecule has 4 fully saturated rings. The number of fused-ring (bicyclic) bond motifs is 4. The third kappa shape index (κ3) is 3.58. The lowest BCUT2D eigenvalue weighted by Crippen LogP contribution is -2.55. The third-order valence-corrected chi connectivity index (χ3v) is 8.12. The smallest absolute Gasteiger partial charge is 0.407 e. The van der Waals surface area contributed by atoms with E-state index < -0.39 is 17.6 Å². The summed E-state index contributed by atoms with van der Waals surface area (Å²) >= 11 is 0. The number of rotatable bonds is 6. The van der Waals surface area contributed by atoms with Crippen molar-refractivity contribution in [2.24, 2.45) is 11.8 Å². The van der Waals surface area contributed by atoms with Gasteiger partial charge >= 0.3 is 12.1 Å². The first-order valence-electron chi connectivity index (χ1n) is 12.2. The molecule has 2 unspecified atom stereocenters. The van der Waals surface area contributed by atoms with E-state index >= 15 is 0 Å². The number of amides is 2. The second-order valence-corrected chi connectivity index (χ2v) is 10.2. The third-order valence-electron chi connectivity index (χ3n) is 8.12. The van der Waals surface area contributed by atoms with Crippen molar-refractivity contribution in [3.63, 3.8) is 0 Å². The van der Waals surface area contributed by atoms with Gasteiger partial charge in [0, 0.05) is 19.0 Å². The van der Waals surface area contributed by atoms with Gasteiger partial charge in [-0.2, -0.15) is 0 Å². The molecule has 3 aliphatic heterocycles. The summed E-state index contributed by atoms with van der Waals surface area (Å²) in [7, 11) is 0. The number of hydrogen-bond acceptors (Lipinski definition) is 5. The molecule has 0 radical (unpaired) electrons. The SMILES string of the molecule is O=C(NCC1CC(C(=O)N2CC3CC2(C(=O)O)C3)CO1)OCC1c2ccccc2-c2ccccc21. The molecule has 1 saturated carbocycles. The molecule has 0 aromatic heterocycles. The van der Waals surface area contributed by atoms with Crippen molar-refractivity contribution in [3.05, 3.63) is 59.7 Å². The highest BCUT2D eigenvalue weighted by molar-refractivity contribution is 5.90. The first kappa shape index (κ1) is 22.1. The van der Waals surface area contributed by atoms with Crippen LogP contribution < -0.4 is 5.32 Å². The summed E-state index contributed by atoms with van der Waals surface area (Å²) in [4.78, 5) is 38.7. The maximum atomic E-state index is 13.0. The van der Waals surface area contributed by atoms with Gasteiger partial charge in [-0.05, 0) is 47.4 Å². The van der Waals surface area contributed by atoms with E-state index in [0.29, 0.717) is 31.7 Å². The summed E-state index contributed by atoms with van der Waals surface area (Å²) < 4.78 is 11.3. The van der Waals surface area contributed by atoms with Crippen LogP contribution in [-0.4, -0.2) is 65.9 Å². The molecular weight excluding hydrogens is 448 g/mol. The van der Waals surface area contributed by atoms with Crippen molar-refractivity contribution in [3.8, 4) is 11.1 Å². The van der Waals surface area contributed by atoms with Crippen molar-refractivity contribution in [2.75, 3.05) is 26.3 Å². The molecule has 7 rings (SSSR count). The first-order chi connectivity index (χ1) is 17.0. The number of hydrogen-bond donors (Lipinski definition) is 2. The molecule has 3 saturated heterocycles. The highest BCUT2D eigenvalue weighted by Gasteiger charge is 2.63. The van der Waals surface area contributed by atoms with Crippen LogP contribution in [0.25, 0.3) is 11.1 Å². The van der Waals surface area contributed by atoms with Crippen LogP contribution in [0.2, 0.25) is 0 Å². The zero-order valence-electron chi connectivity index (χ0n) is 19.3. The average molecular weight is 477 g/mol. The molecule has 2 bridgehead atoms. The quantitative estimate of drug-likeness (QED) is 0.664. The van der Waals surface area contributed by atoms with E-state index in [1.807, 2.05) is 24.3 Å². The van der Waals surface area contributed by atoms with Crippen LogP contribution >= 0.6 is 0 Å². The molecular formula is C27H28N2O6. The Morgan fingerprint density at radius 2 is 1.71 bits per heavy atom. The van der Waals surface area contributed by atoms with E-state index in [2.05, 4.69) is 29.6 Å². The summed E-state index contributed by atoms with van der Waals surface area (Å²) in [6.45, 7) is 1.24. The molecule has 5 aliphatic rings. The zero-order chi connectivity index (χ0) is 24.2. The minimum Gasteiger partial charge on any atom is -0.479 e. The fourth-order valence-corrected chi connectivity index (χ4v) is 6.36. The Bertz CT molecular complexity index is 1140. The number of carbonyl (C=O) groups is 3. The number of carboxylic acid groups (broad SMARTS) is 1. The molecule has 2 N–H and O–H groups in total. The van der Waals surface area contributed by atoms with Gasteiger partial charge in [0.15, 0.2) is 0 Å². The molecule has 2 aliphatic carbocycles. The summed E-state index contributed by atoms with van der Waals surface area (Å²) in [6, 6.07) is 16.3. The lowest BCUT2D eigenvalue weighted by Gasteiger charge is -2.38. The summed E-state index contributed by atoms with van der Waals surface area (Å²) in [5.74, 6) is -1.14. The minimum atomic E-state index is -1.01. The van der Waals surface area contributed by atoms with Crippen LogP contribution in [0.1, 0.15) is 36.3 Å². The predicted molar refractivity (Wildman–Crippen MR) is 126 cm³/mol. The molecule has 35 heavy (non-hydrogen) atoms. The number of ether oxygens (including phenoxy) is 2. The van der Waals surface area contributed by atoms with E-state index in [4.69, 9.17) is 9.47 Å². The van der Waals surface area contributed by atoms with Gasteiger partial charge in [-0.15, -0.1) is 0 Å².